The SMILES string of the molecule is Cc1cc(NC(=O)N(C)CCc2ccccc2)n(C)n1. The van der Waals surface area contributed by atoms with E-state index in [2.05, 4.69) is 22.5 Å². The van der Waals surface area contributed by atoms with E-state index in [1.165, 1.54) is 5.56 Å². The average molecular weight is 272 g/mol. The van der Waals surface area contributed by atoms with Crippen LogP contribution in [0.15, 0.2) is 36.4 Å². The molecule has 0 aliphatic carbocycles. The van der Waals surface area contributed by atoms with Crippen molar-refractivity contribution >= 4 is 11.8 Å². The van der Waals surface area contributed by atoms with Crippen molar-refractivity contribution in [1.82, 2.24) is 14.7 Å². The zero-order chi connectivity index (χ0) is 14.5. The van der Waals surface area contributed by atoms with Crippen molar-refractivity contribution in [3.8, 4) is 0 Å². The van der Waals surface area contributed by atoms with E-state index < -0.39 is 0 Å². The second kappa shape index (κ2) is 6.23. The number of hydrogen-bond donors (Lipinski definition) is 1. The Labute approximate surface area is 119 Å². The lowest BCUT2D eigenvalue weighted by molar-refractivity contribution is 0.223. The van der Waals surface area contributed by atoms with Gasteiger partial charge in [-0.2, -0.15) is 5.10 Å². The van der Waals surface area contributed by atoms with Crippen molar-refractivity contribution in [2.75, 3.05) is 18.9 Å². The fourth-order valence-corrected chi connectivity index (χ4v) is 1.98. The Balaban J connectivity index is 1.87. The maximum atomic E-state index is 12.1. The second-order valence-electron chi connectivity index (χ2n) is 4.88. The van der Waals surface area contributed by atoms with Crippen LogP contribution in [-0.4, -0.2) is 34.3 Å². The van der Waals surface area contributed by atoms with Gasteiger partial charge in [0.2, 0.25) is 0 Å². The summed E-state index contributed by atoms with van der Waals surface area (Å²) in [6.07, 6.45) is 0.842. The van der Waals surface area contributed by atoms with Gasteiger partial charge in [0.1, 0.15) is 5.82 Å². The average Bonchev–Trinajstić information content (AvgIpc) is 2.75. The quantitative estimate of drug-likeness (QED) is 0.929. The number of urea groups is 1. The van der Waals surface area contributed by atoms with Crippen LogP contribution in [-0.2, 0) is 13.5 Å². The number of rotatable bonds is 4. The number of carbonyl (C=O) groups excluding carboxylic acids is 1. The third kappa shape index (κ3) is 3.60. The first kappa shape index (κ1) is 14.1. The molecule has 106 valence electrons. The largest absolute Gasteiger partial charge is 0.327 e. The summed E-state index contributed by atoms with van der Waals surface area (Å²) >= 11 is 0. The van der Waals surface area contributed by atoms with Crippen LogP contribution >= 0.6 is 0 Å². The van der Waals surface area contributed by atoms with E-state index in [-0.39, 0.29) is 6.03 Å². The second-order valence-corrected chi connectivity index (χ2v) is 4.88. The molecule has 2 amide bonds. The lowest BCUT2D eigenvalue weighted by atomic mass is 10.1. The third-order valence-corrected chi connectivity index (χ3v) is 3.16. The van der Waals surface area contributed by atoms with Crippen LogP contribution in [0.2, 0.25) is 0 Å². The fourth-order valence-electron chi connectivity index (χ4n) is 1.98. The van der Waals surface area contributed by atoms with Crippen molar-refractivity contribution in [2.24, 2.45) is 7.05 Å². The number of likely N-dealkylation sites (N-methyl/N-ethyl adjacent to an activating group) is 1. The number of anilines is 1. The molecule has 0 saturated heterocycles. The van der Waals surface area contributed by atoms with E-state index in [9.17, 15) is 4.79 Å². The van der Waals surface area contributed by atoms with E-state index >= 15 is 0 Å². The normalized spacial score (nSPS) is 10.3. The molecule has 20 heavy (non-hydrogen) atoms. The lowest BCUT2D eigenvalue weighted by Gasteiger charge is -2.17. The number of hydrogen-bond acceptors (Lipinski definition) is 2. The monoisotopic (exact) mass is 272 g/mol. The topological polar surface area (TPSA) is 50.2 Å². The Morgan fingerprint density at radius 2 is 2.05 bits per heavy atom. The molecule has 1 aromatic heterocycles. The first-order valence-electron chi connectivity index (χ1n) is 6.63. The van der Waals surface area contributed by atoms with Gasteiger partial charge >= 0.3 is 6.03 Å². The molecule has 1 N–H and O–H groups in total. The summed E-state index contributed by atoms with van der Waals surface area (Å²) in [5, 5.41) is 7.05. The number of carbonyl (C=O) groups is 1. The van der Waals surface area contributed by atoms with Gasteiger partial charge in [0.15, 0.2) is 0 Å². The van der Waals surface area contributed by atoms with Gasteiger partial charge in [0.25, 0.3) is 0 Å². The van der Waals surface area contributed by atoms with Gasteiger partial charge in [0, 0.05) is 26.7 Å². The number of aromatic nitrogens is 2. The van der Waals surface area contributed by atoms with Crippen LogP contribution in [0.1, 0.15) is 11.3 Å². The Kier molecular flexibility index (Phi) is 4.40. The highest BCUT2D eigenvalue weighted by Crippen LogP contribution is 2.09. The van der Waals surface area contributed by atoms with Crippen molar-refractivity contribution in [3.05, 3.63) is 47.7 Å². The first-order valence-corrected chi connectivity index (χ1v) is 6.63. The Bertz CT molecular complexity index is 577. The maximum absolute atomic E-state index is 12.1. The molecule has 0 aliphatic heterocycles. The molecule has 0 aliphatic rings. The first-order chi connectivity index (χ1) is 9.56. The molecule has 0 fully saturated rings. The highest BCUT2D eigenvalue weighted by molar-refractivity contribution is 5.88. The summed E-state index contributed by atoms with van der Waals surface area (Å²) in [5.41, 5.74) is 2.11. The molecule has 1 heterocycles. The van der Waals surface area contributed by atoms with Crippen LogP contribution in [0.25, 0.3) is 0 Å². The van der Waals surface area contributed by atoms with Gasteiger partial charge in [0.05, 0.1) is 5.69 Å². The molecule has 0 saturated carbocycles. The van der Waals surface area contributed by atoms with Crippen LogP contribution in [0.5, 0.6) is 0 Å². The van der Waals surface area contributed by atoms with Crippen molar-refractivity contribution in [1.29, 1.82) is 0 Å². The van der Waals surface area contributed by atoms with Crippen LogP contribution in [0.3, 0.4) is 0 Å². The molecule has 0 radical (unpaired) electrons. The summed E-state index contributed by atoms with van der Waals surface area (Å²) in [6, 6.07) is 11.9. The molecule has 0 spiro atoms. The van der Waals surface area contributed by atoms with Crippen LogP contribution in [0, 0.1) is 6.92 Å². The molecule has 2 rings (SSSR count). The molecule has 0 bridgehead atoms. The van der Waals surface area contributed by atoms with Crippen molar-refractivity contribution in [3.63, 3.8) is 0 Å². The highest BCUT2D eigenvalue weighted by Gasteiger charge is 2.11. The van der Waals surface area contributed by atoms with E-state index in [0.29, 0.717) is 12.4 Å². The molecule has 0 atom stereocenters. The number of aryl methyl sites for hydroxylation is 2. The Morgan fingerprint density at radius 1 is 1.35 bits per heavy atom. The van der Waals surface area contributed by atoms with Gasteiger partial charge in [-0.25, -0.2) is 4.79 Å². The molecule has 5 nitrogen and oxygen atoms in total. The zero-order valence-corrected chi connectivity index (χ0v) is 12.1. The van der Waals surface area contributed by atoms with Crippen LogP contribution < -0.4 is 5.32 Å². The maximum Gasteiger partial charge on any atom is 0.322 e. The Morgan fingerprint density at radius 3 is 2.65 bits per heavy atom. The van der Waals surface area contributed by atoms with Gasteiger partial charge in [-0.15, -0.1) is 0 Å². The van der Waals surface area contributed by atoms with Crippen molar-refractivity contribution in [2.45, 2.75) is 13.3 Å². The van der Waals surface area contributed by atoms with Gasteiger partial charge in [-0.05, 0) is 18.9 Å². The molecule has 5 heteroatoms. The predicted molar refractivity (Wildman–Crippen MR) is 79.7 cm³/mol. The van der Waals surface area contributed by atoms with E-state index in [4.69, 9.17) is 0 Å². The molecule has 2 aromatic rings. The zero-order valence-electron chi connectivity index (χ0n) is 12.1. The standard InChI is InChI=1S/C15H20N4O/c1-12-11-14(19(3)17-12)16-15(20)18(2)10-9-13-7-5-4-6-8-13/h4-8,11H,9-10H2,1-3H3,(H,16,20). The predicted octanol–water partition coefficient (Wildman–Crippen LogP) is 2.43. The molecular weight excluding hydrogens is 252 g/mol. The summed E-state index contributed by atoms with van der Waals surface area (Å²) in [6.45, 7) is 2.57. The van der Waals surface area contributed by atoms with Gasteiger partial charge < -0.3 is 4.90 Å². The molecule has 0 unspecified atom stereocenters. The van der Waals surface area contributed by atoms with E-state index in [1.54, 1.807) is 16.6 Å². The summed E-state index contributed by atoms with van der Waals surface area (Å²) in [4.78, 5) is 13.7. The Hall–Kier alpha value is -2.30. The van der Waals surface area contributed by atoms with E-state index in [0.717, 1.165) is 12.1 Å². The van der Waals surface area contributed by atoms with Crippen LogP contribution in [0.4, 0.5) is 10.6 Å². The number of nitrogens with one attached hydrogen (secondary N) is 1. The summed E-state index contributed by atoms with van der Waals surface area (Å²) in [5.74, 6) is 0.707. The molecule has 1 aromatic carbocycles. The number of amides is 2. The van der Waals surface area contributed by atoms with Crippen molar-refractivity contribution < 1.29 is 4.79 Å². The smallest absolute Gasteiger partial charge is 0.322 e. The minimum absolute atomic E-state index is 0.121. The van der Waals surface area contributed by atoms with E-state index in [1.807, 2.05) is 38.2 Å². The summed E-state index contributed by atoms with van der Waals surface area (Å²) in [7, 11) is 3.61. The number of benzene rings is 1. The fraction of sp³-hybridized carbons (Fsp3) is 0.333. The molecular formula is C15H20N4O. The van der Waals surface area contributed by atoms with Gasteiger partial charge in [-0.3, -0.25) is 10.00 Å². The highest BCUT2D eigenvalue weighted by atomic mass is 16.2. The number of nitrogens with zero attached hydrogens (tertiary/aromatic N) is 3. The van der Waals surface area contributed by atoms with Gasteiger partial charge in [-0.1, -0.05) is 30.3 Å². The minimum atomic E-state index is -0.121. The third-order valence-electron chi connectivity index (χ3n) is 3.16. The lowest BCUT2D eigenvalue weighted by Crippen LogP contribution is -2.33. The minimum Gasteiger partial charge on any atom is -0.327 e. The summed E-state index contributed by atoms with van der Waals surface area (Å²) < 4.78 is 1.66.